The first kappa shape index (κ1) is 16.6. The molecule has 5 nitrogen and oxygen atoms in total. The quantitative estimate of drug-likeness (QED) is 0.645. The fourth-order valence-corrected chi connectivity index (χ4v) is 1.69. The molecule has 0 saturated heterocycles. The van der Waals surface area contributed by atoms with Crippen molar-refractivity contribution in [1.82, 2.24) is 5.32 Å². The number of rotatable bonds is 5. The summed E-state index contributed by atoms with van der Waals surface area (Å²) < 4.78 is 4.94. The number of esters is 1. The van der Waals surface area contributed by atoms with Gasteiger partial charge in [-0.15, -0.1) is 6.42 Å². The molecule has 1 aromatic rings. The number of terminal acetylenes is 1. The van der Waals surface area contributed by atoms with E-state index < -0.39 is 18.0 Å². The van der Waals surface area contributed by atoms with E-state index in [9.17, 15) is 9.59 Å². The minimum atomic E-state index is -0.685. The predicted octanol–water partition coefficient (Wildman–Crippen LogP) is 2.38. The molecule has 5 heteroatoms. The van der Waals surface area contributed by atoms with E-state index >= 15 is 0 Å². The van der Waals surface area contributed by atoms with Crippen molar-refractivity contribution in [3.05, 3.63) is 29.8 Å². The van der Waals surface area contributed by atoms with Gasteiger partial charge in [-0.1, -0.05) is 19.8 Å². The van der Waals surface area contributed by atoms with Gasteiger partial charge in [0.2, 0.25) is 0 Å². The number of ether oxygens (including phenoxy) is 1. The van der Waals surface area contributed by atoms with E-state index in [0.29, 0.717) is 5.69 Å². The molecule has 2 amide bonds. The molecule has 0 spiro atoms. The monoisotopic (exact) mass is 288 g/mol. The fourth-order valence-electron chi connectivity index (χ4n) is 1.69. The number of anilines is 1. The lowest BCUT2D eigenvalue weighted by molar-refractivity contribution is -0.146. The first-order chi connectivity index (χ1) is 9.97. The van der Waals surface area contributed by atoms with Crippen molar-refractivity contribution in [3.8, 4) is 12.3 Å². The molecule has 0 aromatic heterocycles. The number of benzene rings is 1. The van der Waals surface area contributed by atoms with Gasteiger partial charge in [0.25, 0.3) is 0 Å². The first-order valence-corrected chi connectivity index (χ1v) is 6.78. The molecule has 112 valence electrons. The van der Waals surface area contributed by atoms with Gasteiger partial charge in [0, 0.05) is 11.3 Å². The lowest BCUT2D eigenvalue weighted by Gasteiger charge is -2.20. The first-order valence-electron chi connectivity index (χ1n) is 6.78. The maximum absolute atomic E-state index is 11.9. The summed E-state index contributed by atoms with van der Waals surface area (Å²) in [7, 11) is 0. The highest BCUT2D eigenvalue weighted by molar-refractivity contribution is 5.92. The standard InChI is InChI=1S/C16H20N2O3/c1-5-12-7-9-13(10-8-12)17-16(20)18-14(11(3)4)15(19)21-6-2/h1,7-11,14H,6H2,2-4H3,(H2,17,18,20)/t14-/m0/s1. The minimum absolute atomic E-state index is 0.0707. The maximum Gasteiger partial charge on any atom is 0.328 e. The van der Waals surface area contributed by atoms with Crippen LogP contribution >= 0.6 is 0 Å². The Morgan fingerprint density at radius 3 is 2.38 bits per heavy atom. The summed E-state index contributed by atoms with van der Waals surface area (Å²) >= 11 is 0. The van der Waals surface area contributed by atoms with Crippen molar-refractivity contribution < 1.29 is 14.3 Å². The molecule has 0 aliphatic rings. The highest BCUT2D eigenvalue weighted by Gasteiger charge is 2.25. The Kier molecular flexibility index (Phi) is 6.28. The zero-order chi connectivity index (χ0) is 15.8. The van der Waals surface area contributed by atoms with Gasteiger partial charge in [-0.3, -0.25) is 0 Å². The normalized spacial score (nSPS) is 11.4. The fraction of sp³-hybridized carbons (Fsp3) is 0.375. The molecule has 1 rings (SSSR count). The van der Waals surface area contributed by atoms with Crippen LogP contribution in [0.1, 0.15) is 26.3 Å². The Hall–Kier alpha value is -2.48. The number of amides is 2. The Balaban J connectivity index is 2.65. The third-order valence-corrected chi connectivity index (χ3v) is 2.80. The van der Waals surface area contributed by atoms with Crippen molar-refractivity contribution >= 4 is 17.7 Å². The molecule has 0 aliphatic heterocycles. The van der Waals surface area contributed by atoms with Crippen molar-refractivity contribution in [2.75, 3.05) is 11.9 Å². The number of carbonyl (C=O) groups excluding carboxylic acids is 2. The lowest BCUT2D eigenvalue weighted by atomic mass is 10.1. The summed E-state index contributed by atoms with van der Waals surface area (Å²) in [5, 5.41) is 5.26. The van der Waals surface area contributed by atoms with Crippen molar-refractivity contribution in [2.45, 2.75) is 26.8 Å². The molecule has 2 N–H and O–H groups in total. The number of nitrogens with one attached hydrogen (secondary N) is 2. The van der Waals surface area contributed by atoms with Crippen molar-refractivity contribution in [3.63, 3.8) is 0 Å². The summed E-state index contributed by atoms with van der Waals surface area (Å²) in [6.45, 7) is 5.68. The molecule has 0 radical (unpaired) electrons. The van der Waals surface area contributed by atoms with E-state index in [-0.39, 0.29) is 12.5 Å². The zero-order valence-corrected chi connectivity index (χ0v) is 12.5. The van der Waals surface area contributed by atoms with Crippen LogP contribution in [-0.4, -0.2) is 24.6 Å². The Morgan fingerprint density at radius 1 is 1.29 bits per heavy atom. The van der Waals surface area contributed by atoms with Crippen LogP contribution in [0.25, 0.3) is 0 Å². The second kappa shape index (κ2) is 7.95. The average Bonchev–Trinajstić information content (AvgIpc) is 2.45. The summed E-state index contributed by atoms with van der Waals surface area (Å²) in [6.07, 6.45) is 5.26. The maximum atomic E-state index is 11.9. The lowest BCUT2D eigenvalue weighted by Crippen LogP contribution is -2.47. The topological polar surface area (TPSA) is 67.4 Å². The molecule has 0 aliphatic carbocycles. The van der Waals surface area contributed by atoms with Crippen molar-refractivity contribution in [1.29, 1.82) is 0 Å². The number of urea groups is 1. The molecule has 0 saturated carbocycles. The Bertz CT molecular complexity index is 529. The molecule has 0 unspecified atom stereocenters. The summed E-state index contributed by atoms with van der Waals surface area (Å²) in [5.41, 5.74) is 1.32. The number of hydrogen-bond donors (Lipinski definition) is 2. The van der Waals surface area contributed by atoms with Gasteiger partial charge in [0.05, 0.1) is 6.61 Å². The molecular weight excluding hydrogens is 268 g/mol. The van der Waals surface area contributed by atoms with Gasteiger partial charge in [0.15, 0.2) is 0 Å². The van der Waals surface area contributed by atoms with Crippen LogP contribution in [0.4, 0.5) is 10.5 Å². The van der Waals surface area contributed by atoms with Crippen LogP contribution in [0.3, 0.4) is 0 Å². The molecule has 0 heterocycles. The highest BCUT2D eigenvalue weighted by Crippen LogP contribution is 2.09. The van der Waals surface area contributed by atoms with E-state index in [2.05, 4.69) is 16.6 Å². The van der Waals surface area contributed by atoms with E-state index in [1.807, 2.05) is 13.8 Å². The van der Waals surface area contributed by atoms with Crippen LogP contribution in [0.2, 0.25) is 0 Å². The molecule has 0 bridgehead atoms. The molecular formula is C16H20N2O3. The Morgan fingerprint density at radius 2 is 1.90 bits per heavy atom. The smallest absolute Gasteiger partial charge is 0.328 e. The van der Waals surface area contributed by atoms with E-state index in [1.54, 1.807) is 31.2 Å². The summed E-state index contributed by atoms with van der Waals surface area (Å²) in [6, 6.07) is 5.69. The van der Waals surface area contributed by atoms with Crippen LogP contribution in [0.15, 0.2) is 24.3 Å². The average molecular weight is 288 g/mol. The van der Waals surface area contributed by atoms with Crippen LogP contribution in [0, 0.1) is 18.3 Å². The predicted molar refractivity (Wildman–Crippen MR) is 81.8 cm³/mol. The third kappa shape index (κ3) is 5.19. The zero-order valence-electron chi connectivity index (χ0n) is 12.5. The van der Waals surface area contributed by atoms with Gasteiger partial charge < -0.3 is 15.4 Å². The van der Waals surface area contributed by atoms with Crippen LogP contribution in [-0.2, 0) is 9.53 Å². The molecule has 1 atom stereocenters. The molecule has 0 fully saturated rings. The largest absolute Gasteiger partial charge is 0.464 e. The highest BCUT2D eigenvalue weighted by atomic mass is 16.5. The minimum Gasteiger partial charge on any atom is -0.464 e. The van der Waals surface area contributed by atoms with Crippen LogP contribution in [0.5, 0.6) is 0 Å². The van der Waals surface area contributed by atoms with E-state index in [4.69, 9.17) is 11.2 Å². The number of hydrogen-bond acceptors (Lipinski definition) is 3. The van der Waals surface area contributed by atoms with Gasteiger partial charge >= 0.3 is 12.0 Å². The van der Waals surface area contributed by atoms with Crippen LogP contribution < -0.4 is 10.6 Å². The van der Waals surface area contributed by atoms with Gasteiger partial charge in [0.1, 0.15) is 6.04 Å². The Labute approximate surface area is 125 Å². The summed E-state index contributed by atoms with van der Waals surface area (Å²) in [4.78, 5) is 23.7. The third-order valence-electron chi connectivity index (χ3n) is 2.80. The van der Waals surface area contributed by atoms with E-state index in [0.717, 1.165) is 5.56 Å². The van der Waals surface area contributed by atoms with Gasteiger partial charge in [-0.2, -0.15) is 0 Å². The van der Waals surface area contributed by atoms with Crippen molar-refractivity contribution in [2.24, 2.45) is 5.92 Å². The second-order valence-corrected chi connectivity index (χ2v) is 4.79. The molecule has 21 heavy (non-hydrogen) atoms. The number of carbonyl (C=O) groups is 2. The van der Waals surface area contributed by atoms with E-state index in [1.165, 1.54) is 0 Å². The molecule has 1 aromatic carbocycles. The summed E-state index contributed by atoms with van der Waals surface area (Å²) in [5.74, 6) is 1.98. The van der Waals surface area contributed by atoms with Gasteiger partial charge in [-0.25, -0.2) is 9.59 Å². The SMILES string of the molecule is C#Cc1ccc(NC(=O)N[C@H](C(=O)OCC)C(C)C)cc1. The van der Waals surface area contributed by atoms with Gasteiger partial charge in [-0.05, 0) is 37.1 Å². The second-order valence-electron chi connectivity index (χ2n) is 4.79.